The van der Waals surface area contributed by atoms with E-state index in [2.05, 4.69) is 46.0 Å². The fourth-order valence-corrected chi connectivity index (χ4v) is 5.89. The van der Waals surface area contributed by atoms with Crippen LogP contribution in [0.25, 0.3) is 11.0 Å². The number of urea groups is 1. The van der Waals surface area contributed by atoms with Gasteiger partial charge in [0.2, 0.25) is 5.91 Å². The average molecular weight is 518 g/mol. The number of aldehydes is 1. The first-order valence-electron chi connectivity index (χ1n) is 13.3. The number of imide groups is 1. The van der Waals surface area contributed by atoms with Gasteiger partial charge in [-0.15, -0.1) is 10.2 Å². The van der Waals surface area contributed by atoms with Gasteiger partial charge in [0.25, 0.3) is 0 Å². The van der Waals surface area contributed by atoms with Gasteiger partial charge in [-0.2, -0.15) is 0 Å². The van der Waals surface area contributed by atoms with Crippen LogP contribution >= 0.6 is 0 Å². The highest BCUT2D eigenvalue weighted by Gasteiger charge is 2.29. The predicted molar refractivity (Wildman–Crippen MR) is 140 cm³/mol. The first kappa shape index (κ1) is 24.4. The van der Waals surface area contributed by atoms with Gasteiger partial charge in [-0.3, -0.25) is 19.8 Å². The number of carbonyl (C=O) groups excluding carboxylic acids is 3. The molecule has 3 aliphatic heterocycles. The molecule has 3 saturated heterocycles. The molecule has 6 heterocycles. The Balaban J connectivity index is 1.04. The number of hydrogen-bond acceptors (Lipinski definition) is 9. The number of nitrogens with zero attached hydrogens (tertiary/aromatic N) is 8. The Morgan fingerprint density at radius 1 is 0.947 bits per heavy atom. The second kappa shape index (κ2) is 10.4. The van der Waals surface area contributed by atoms with E-state index in [1.54, 1.807) is 6.07 Å². The molecule has 198 valence electrons. The van der Waals surface area contributed by atoms with Crippen molar-refractivity contribution >= 4 is 40.9 Å². The molecular formula is C26H31N9O3. The van der Waals surface area contributed by atoms with Crippen LogP contribution in [0, 0.1) is 5.92 Å². The highest BCUT2D eigenvalue weighted by molar-refractivity contribution is 6.08. The quantitative estimate of drug-likeness (QED) is 0.488. The van der Waals surface area contributed by atoms with Gasteiger partial charge >= 0.3 is 6.03 Å². The molecule has 3 aromatic rings. The van der Waals surface area contributed by atoms with Crippen molar-refractivity contribution in [2.24, 2.45) is 5.92 Å². The molecule has 12 nitrogen and oxygen atoms in total. The molecule has 38 heavy (non-hydrogen) atoms. The highest BCUT2D eigenvalue weighted by atomic mass is 16.2. The molecule has 3 fully saturated rings. The van der Waals surface area contributed by atoms with Crippen LogP contribution in [0.15, 0.2) is 30.7 Å². The van der Waals surface area contributed by atoms with Crippen molar-refractivity contribution in [1.82, 2.24) is 34.9 Å². The zero-order valence-corrected chi connectivity index (χ0v) is 21.2. The summed E-state index contributed by atoms with van der Waals surface area (Å²) in [5, 5.41) is 11.4. The molecule has 0 aromatic carbocycles. The molecule has 3 aliphatic rings. The lowest BCUT2D eigenvalue weighted by Crippen LogP contribution is -2.50. The maximum Gasteiger partial charge on any atom is 0.329 e. The Kier molecular flexibility index (Phi) is 6.71. The second-order valence-corrected chi connectivity index (χ2v) is 10.3. The van der Waals surface area contributed by atoms with E-state index in [-0.39, 0.29) is 12.3 Å². The number of anilines is 2. The van der Waals surface area contributed by atoms with Gasteiger partial charge in [0.05, 0.1) is 5.39 Å². The van der Waals surface area contributed by atoms with Crippen LogP contribution in [0.1, 0.15) is 48.6 Å². The monoisotopic (exact) mass is 517 g/mol. The van der Waals surface area contributed by atoms with Gasteiger partial charge in [0.1, 0.15) is 23.5 Å². The number of carbonyl (C=O) groups is 3. The number of amides is 3. The molecule has 0 unspecified atom stereocenters. The Morgan fingerprint density at radius 2 is 1.76 bits per heavy atom. The van der Waals surface area contributed by atoms with E-state index in [1.807, 2.05) is 12.1 Å². The smallest absolute Gasteiger partial charge is 0.329 e. The minimum Gasteiger partial charge on any atom is -0.355 e. The molecule has 0 spiro atoms. The zero-order valence-electron chi connectivity index (χ0n) is 21.2. The summed E-state index contributed by atoms with van der Waals surface area (Å²) < 4.78 is 2.22. The minimum atomic E-state index is -0.433. The van der Waals surface area contributed by atoms with Crippen LogP contribution in [-0.4, -0.2) is 87.1 Å². The summed E-state index contributed by atoms with van der Waals surface area (Å²) in [7, 11) is 0. The van der Waals surface area contributed by atoms with Crippen LogP contribution in [0.3, 0.4) is 0 Å². The summed E-state index contributed by atoms with van der Waals surface area (Å²) in [5.41, 5.74) is 1.19. The SMILES string of the molecule is O=Cc1ccc(N2CCC(CN3CCC(n4ccc5c(N6CCC(=O)NC6=O)ncnc54)CC3)CC2)nn1. The molecule has 3 amide bonds. The van der Waals surface area contributed by atoms with Crippen molar-refractivity contribution < 1.29 is 14.4 Å². The Labute approximate surface area is 220 Å². The van der Waals surface area contributed by atoms with E-state index in [4.69, 9.17) is 0 Å². The van der Waals surface area contributed by atoms with Gasteiger partial charge in [-0.05, 0) is 49.8 Å². The van der Waals surface area contributed by atoms with Crippen molar-refractivity contribution in [1.29, 1.82) is 0 Å². The lowest BCUT2D eigenvalue weighted by molar-refractivity contribution is -0.120. The van der Waals surface area contributed by atoms with Gasteiger partial charge in [0.15, 0.2) is 12.1 Å². The minimum absolute atomic E-state index is 0.258. The molecule has 0 bridgehead atoms. The molecule has 0 aliphatic carbocycles. The second-order valence-electron chi connectivity index (χ2n) is 10.3. The van der Waals surface area contributed by atoms with Crippen molar-refractivity contribution in [2.75, 3.05) is 49.1 Å². The van der Waals surface area contributed by atoms with E-state index >= 15 is 0 Å². The summed E-state index contributed by atoms with van der Waals surface area (Å²) in [5.74, 6) is 1.80. The Bertz CT molecular complexity index is 1330. The molecule has 1 N–H and O–H groups in total. The first-order chi connectivity index (χ1) is 18.6. The van der Waals surface area contributed by atoms with E-state index in [9.17, 15) is 14.4 Å². The number of piperidine rings is 2. The van der Waals surface area contributed by atoms with Crippen molar-refractivity contribution in [3.63, 3.8) is 0 Å². The first-order valence-corrected chi connectivity index (χ1v) is 13.3. The van der Waals surface area contributed by atoms with E-state index in [0.717, 1.165) is 81.5 Å². The van der Waals surface area contributed by atoms with Crippen molar-refractivity contribution in [3.05, 3.63) is 36.4 Å². The average Bonchev–Trinajstić information content (AvgIpc) is 3.39. The molecule has 0 atom stereocenters. The summed E-state index contributed by atoms with van der Waals surface area (Å²) in [6, 6.07) is 5.49. The molecule has 6 rings (SSSR count). The highest BCUT2D eigenvalue weighted by Crippen LogP contribution is 2.32. The molecule has 0 radical (unpaired) electrons. The topological polar surface area (TPSA) is 129 Å². The molecular weight excluding hydrogens is 486 g/mol. The maximum absolute atomic E-state index is 12.4. The maximum atomic E-state index is 12.4. The van der Waals surface area contributed by atoms with Crippen LogP contribution in [0.2, 0.25) is 0 Å². The third-order valence-corrected chi connectivity index (χ3v) is 8.00. The number of likely N-dealkylation sites (tertiary alicyclic amines) is 1. The third kappa shape index (κ3) is 4.83. The van der Waals surface area contributed by atoms with Crippen LogP contribution in [-0.2, 0) is 4.79 Å². The van der Waals surface area contributed by atoms with Crippen molar-refractivity contribution in [3.8, 4) is 0 Å². The zero-order chi connectivity index (χ0) is 26.1. The van der Waals surface area contributed by atoms with Gasteiger partial charge in [0, 0.05) is 57.9 Å². The Morgan fingerprint density at radius 3 is 2.47 bits per heavy atom. The standard InChI is InChI=1S/C26H31N9O3/c36-16-19-1-2-22(31-30-19)33-11-3-18(4-12-33)15-32-9-5-20(6-10-32)34-13-7-21-24(34)27-17-28-25(21)35-14-8-23(37)29-26(35)38/h1-2,7,13,16-18,20H,3-6,8-12,14-15H2,(H,29,37,38). The number of nitrogens with one attached hydrogen (secondary N) is 1. The van der Waals surface area contributed by atoms with Crippen LogP contribution in [0.4, 0.5) is 16.4 Å². The largest absolute Gasteiger partial charge is 0.355 e. The van der Waals surface area contributed by atoms with Crippen molar-refractivity contribution in [2.45, 2.75) is 38.1 Å². The summed E-state index contributed by atoms with van der Waals surface area (Å²) in [6.45, 7) is 5.42. The normalized spacial score (nSPS) is 20.2. The predicted octanol–water partition coefficient (Wildman–Crippen LogP) is 2.03. The summed E-state index contributed by atoms with van der Waals surface area (Å²) in [6.07, 6.45) is 8.85. The molecule has 3 aromatic heterocycles. The number of fused-ring (bicyclic) bond motifs is 1. The summed E-state index contributed by atoms with van der Waals surface area (Å²) >= 11 is 0. The lowest BCUT2D eigenvalue weighted by Gasteiger charge is -2.38. The fraction of sp³-hybridized carbons (Fsp3) is 0.500. The molecule has 12 heteroatoms. The van der Waals surface area contributed by atoms with E-state index < -0.39 is 6.03 Å². The molecule has 0 saturated carbocycles. The number of aromatic nitrogens is 5. The number of rotatable bonds is 6. The lowest BCUT2D eigenvalue weighted by atomic mass is 9.94. The van der Waals surface area contributed by atoms with Crippen LogP contribution < -0.4 is 15.1 Å². The third-order valence-electron chi connectivity index (χ3n) is 8.00. The van der Waals surface area contributed by atoms with E-state index in [1.165, 1.54) is 11.2 Å². The van der Waals surface area contributed by atoms with Gasteiger partial charge in [-0.25, -0.2) is 14.8 Å². The fourth-order valence-electron chi connectivity index (χ4n) is 5.89. The van der Waals surface area contributed by atoms with Gasteiger partial charge in [-0.1, -0.05) is 0 Å². The van der Waals surface area contributed by atoms with Gasteiger partial charge < -0.3 is 14.4 Å². The summed E-state index contributed by atoms with van der Waals surface area (Å²) in [4.78, 5) is 50.0. The Hall–Kier alpha value is -3.93. The van der Waals surface area contributed by atoms with E-state index in [0.29, 0.717) is 30.0 Å². The number of hydrogen-bond donors (Lipinski definition) is 1. The van der Waals surface area contributed by atoms with Crippen LogP contribution in [0.5, 0.6) is 0 Å².